The number of hydrogen-bond donors (Lipinski definition) is 0. The molecule has 1 aromatic heterocycles. The third-order valence-corrected chi connectivity index (χ3v) is 3.65. The van der Waals surface area contributed by atoms with Gasteiger partial charge in [0.05, 0.1) is 6.61 Å². The van der Waals surface area contributed by atoms with Gasteiger partial charge in [0, 0.05) is 12.6 Å². The second-order valence-electron chi connectivity index (χ2n) is 4.67. The van der Waals surface area contributed by atoms with Gasteiger partial charge in [-0.15, -0.1) is 0 Å². The molecule has 0 saturated carbocycles. The zero-order chi connectivity index (χ0) is 13.1. The maximum atomic E-state index is 5.92. The van der Waals surface area contributed by atoms with Crippen molar-refractivity contribution < 1.29 is 4.74 Å². The smallest absolute Gasteiger partial charge is 0.322 e. The molecule has 1 aromatic rings. The molecule has 1 fully saturated rings. The predicted octanol–water partition coefficient (Wildman–Crippen LogP) is 2.55. The second-order valence-corrected chi connectivity index (χ2v) is 5.01. The van der Waals surface area contributed by atoms with E-state index in [9.17, 15) is 0 Å². The number of nitrogens with zero attached hydrogens (tertiary/aromatic N) is 4. The van der Waals surface area contributed by atoms with Crippen molar-refractivity contribution in [3.63, 3.8) is 0 Å². The lowest BCUT2D eigenvalue weighted by molar-refractivity contribution is 0.308. The van der Waals surface area contributed by atoms with Crippen LogP contribution in [0.2, 0.25) is 5.28 Å². The molecular weight excluding hydrogens is 252 g/mol. The Bertz CT molecular complexity index is 415. The number of ether oxygens (including phenoxy) is 1. The summed E-state index contributed by atoms with van der Waals surface area (Å²) in [5.74, 6) is 1.25. The topological polar surface area (TPSA) is 51.1 Å². The van der Waals surface area contributed by atoms with Crippen LogP contribution in [0.15, 0.2) is 0 Å². The first-order chi connectivity index (χ1) is 8.61. The first kappa shape index (κ1) is 13.3. The number of hydrogen-bond acceptors (Lipinski definition) is 5. The highest BCUT2D eigenvalue weighted by Gasteiger charge is 2.27. The van der Waals surface area contributed by atoms with E-state index >= 15 is 0 Å². The number of aromatic nitrogens is 3. The maximum Gasteiger partial charge on any atom is 0.322 e. The Morgan fingerprint density at radius 3 is 2.83 bits per heavy atom. The molecule has 100 valence electrons. The molecule has 0 spiro atoms. The molecular formula is C12H19ClN4O. The van der Waals surface area contributed by atoms with Crippen LogP contribution in [0, 0.1) is 5.92 Å². The van der Waals surface area contributed by atoms with Crippen LogP contribution in [0.1, 0.15) is 33.6 Å². The molecule has 2 rings (SSSR count). The van der Waals surface area contributed by atoms with Crippen LogP contribution in [0.25, 0.3) is 0 Å². The Morgan fingerprint density at radius 2 is 2.11 bits per heavy atom. The van der Waals surface area contributed by atoms with Crippen LogP contribution in [-0.2, 0) is 0 Å². The lowest BCUT2D eigenvalue weighted by atomic mass is 9.92. The van der Waals surface area contributed by atoms with E-state index in [0.717, 1.165) is 13.0 Å². The Balaban J connectivity index is 2.26. The molecule has 18 heavy (non-hydrogen) atoms. The van der Waals surface area contributed by atoms with E-state index in [1.807, 2.05) is 6.92 Å². The zero-order valence-corrected chi connectivity index (χ0v) is 11.8. The fraction of sp³-hybridized carbons (Fsp3) is 0.750. The first-order valence-electron chi connectivity index (χ1n) is 6.42. The van der Waals surface area contributed by atoms with Gasteiger partial charge in [0.15, 0.2) is 0 Å². The van der Waals surface area contributed by atoms with Gasteiger partial charge in [0.25, 0.3) is 0 Å². The second kappa shape index (κ2) is 5.69. The molecule has 1 aliphatic heterocycles. The quantitative estimate of drug-likeness (QED) is 0.845. The SMILES string of the molecule is CCOc1nc(Cl)nc(N2CCCC(C)C2C)n1. The summed E-state index contributed by atoms with van der Waals surface area (Å²) in [6.07, 6.45) is 2.40. The molecule has 0 aliphatic carbocycles. The summed E-state index contributed by atoms with van der Waals surface area (Å²) in [6.45, 7) is 7.82. The minimum absolute atomic E-state index is 0.189. The lowest BCUT2D eigenvalue weighted by Crippen LogP contribution is -2.43. The van der Waals surface area contributed by atoms with Crippen molar-refractivity contribution in [2.75, 3.05) is 18.1 Å². The van der Waals surface area contributed by atoms with Crippen molar-refractivity contribution in [1.29, 1.82) is 0 Å². The van der Waals surface area contributed by atoms with Gasteiger partial charge in [0.2, 0.25) is 11.2 Å². The average molecular weight is 271 g/mol. The van der Waals surface area contributed by atoms with Gasteiger partial charge in [-0.05, 0) is 44.2 Å². The number of halogens is 1. The number of piperidine rings is 1. The van der Waals surface area contributed by atoms with Gasteiger partial charge in [-0.1, -0.05) is 6.92 Å². The minimum Gasteiger partial charge on any atom is -0.464 e. The predicted molar refractivity (Wildman–Crippen MR) is 71.2 cm³/mol. The summed E-state index contributed by atoms with van der Waals surface area (Å²) < 4.78 is 5.31. The first-order valence-corrected chi connectivity index (χ1v) is 6.80. The van der Waals surface area contributed by atoms with E-state index in [0.29, 0.717) is 30.5 Å². The molecule has 1 aliphatic rings. The molecule has 0 amide bonds. The summed E-state index contributed by atoms with van der Waals surface area (Å²) in [4.78, 5) is 14.7. The molecule has 0 N–H and O–H groups in total. The van der Waals surface area contributed by atoms with Gasteiger partial charge in [0.1, 0.15) is 0 Å². The Kier molecular flexibility index (Phi) is 4.22. The summed E-state index contributed by atoms with van der Waals surface area (Å²) in [7, 11) is 0. The highest BCUT2D eigenvalue weighted by molar-refractivity contribution is 6.28. The molecule has 6 heteroatoms. The van der Waals surface area contributed by atoms with Crippen molar-refractivity contribution in [2.45, 2.75) is 39.7 Å². The third-order valence-electron chi connectivity index (χ3n) is 3.48. The highest BCUT2D eigenvalue weighted by atomic mass is 35.5. The normalized spacial score (nSPS) is 24.1. The summed E-state index contributed by atoms with van der Waals surface area (Å²) >= 11 is 5.92. The number of anilines is 1. The third kappa shape index (κ3) is 2.83. The van der Waals surface area contributed by atoms with E-state index in [1.54, 1.807) is 0 Å². The summed E-state index contributed by atoms with van der Waals surface area (Å²) in [5.41, 5.74) is 0. The summed E-state index contributed by atoms with van der Waals surface area (Å²) in [5, 5.41) is 0.189. The summed E-state index contributed by atoms with van der Waals surface area (Å²) in [6, 6.07) is 0.713. The average Bonchev–Trinajstić information content (AvgIpc) is 2.32. The van der Waals surface area contributed by atoms with Crippen LogP contribution >= 0.6 is 11.6 Å². The van der Waals surface area contributed by atoms with Crippen molar-refractivity contribution in [3.05, 3.63) is 5.28 Å². The number of rotatable bonds is 3. The van der Waals surface area contributed by atoms with Gasteiger partial charge in [-0.2, -0.15) is 15.0 Å². The van der Waals surface area contributed by atoms with E-state index in [2.05, 4.69) is 33.7 Å². The van der Waals surface area contributed by atoms with Crippen molar-refractivity contribution in [1.82, 2.24) is 15.0 Å². The van der Waals surface area contributed by atoms with E-state index in [1.165, 1.54) is 6.42 Å². The minimum atomic E-state index is 0.189. The molecule has 1 saturated heterocycles. The Hall–Kier alpha value is -1.10. The van der Waals surface area contributed by atoms with Crippen molar-refractivity contribution in [2.24, 2.45) is 5.92 Å². The highest BCUT2D eigenvalue weighted by Crippen LogP contribution is 2.27. The molecule has 0 bridgehead atoms. The van der Waals surface area contributed by atoms with Gasteiger partial charge in [-0.3, -0.25) is 0 Å². The monoisotopic (exact) mass is 270 g/mol. The van der Waals surface area contributed by atoms with Crippen molar-refractivity contribution >= 4 is 17.5 Å². The van der Waals surface area contributed by atoms with Crippen LogP contribution < -0.4 is 9.64 Å². The standard InChI is InChI=1S/C12H19ClN4O/c1-4-18-12-15-10(13)14-11(16-12)17-7-5-6-8(2)9(17)3/h8-9H,4-7H2,1-3H3. The molecule has 0 aromatic carbocycles. The van der Waals surface area contributed by atoms with Gasteiger partial charge < -0.3 is 9.64 Å². The molecule has 2 atom stereocenters. The fourth-order valence-electron chi connectivity index (χ4n) is 2.26. The van der Waals surface area contributed by atoms with E-state index in [4.69, 9.17) is 16.3 Å². The van der Waals surface area contributed by atoms with Gasteiger partial charge in [-0.25, -0.2) is 0 Å². The molecule has 0 radical (unpaired) electrons. The zero-order valence-electron chi connectivity index (χ0n) is 11.1. The van der Waals surface area contributed by atoms with Crippen molar-refractivity contribution in [3.8, 4) is 6.01 Å². The van der Waals surface area contributed by atoms with E-state index < -0.39 is 0 Å². The molecule has 2 unspecified atom stereocenters. The van der Waals surface area contributed by atoms with Crippen LogP contribution in [0.4, 0.5) is 5.95 Å². The Labute approximate surface area is 113 Å². The molecule has 5 nitrogen and oxygen atoms in total. The largest absolute Gasteiger partial charge is 0.464 e. The fourth-order valence-corrected chi connectivity index (χ4v) is 2.41. The maximum absolute atomic E-state index is 5.92. The van der Waals surface area contributed by atoms with E-state index in [-0.39, 0.29) is 5.28 Å². The van der Waals surface area contributed by atoms with Crippen LogP contribution in [0.5, 0.6) is 6.01 Å². The molecule has 2 heterocycles. The van der Waals surface area contributed by atoms with Gasteiger partial charge >= 0.3 is 6.01 Å². The van der Waals surface area contributed by atoms with Crippen LogP contribution in [-0.4, -0.2) is 34.1 Å². The van der Waals surface area contributed by atoms with Crippen LogP contribution in [0.3, 0.4) is 0 Å². The Morgan fingerprint density at radius 1 is 1.33 bits per heavy atom. The lowest BCUT2D eigenvalue weighted by Gasteiger charge is -2.37.